The fourth-order valence-corrected chi connectivity index (χ4v) is 2.64. The summed E-state index contributed by atoms with van der Waals surface area (Å²) in [7, 11) is 0. The molecule has 1 atom stereocenters. The van der Waals surface area contributed by atoms with Gasteiger partial charge in [-0.1, -0.05) is 6.92 Å². The van der Waals surface area contributed by atoms with Crippen LogP contribution in [0, 0.1) is 12.8 Å². The van der Waals surface area contributed by atoms with Gasteiger partial charge in [0.1, 0.15) is 0 Å². The van der Waals surface area contributed by atoms with Crippen molar-refractivity contribution in [1.82, 2.24) is 14.9 Å². The lowest BCUT2D eigenvalue weighted by Crippen LogP contribution is -2.38. The molecule has 0 N–H and O–H groups in total. The molecule has 1 aromatic heterocycles. The SMILES string of the molecule is CCN(CC1CCN(c2ncc(C)cn2)C1)CC(F)(F)F. The maximum Gasteiger partial charge on any atom is 0.401 e. The molecule has 1 aromatic rings. The lowest BCUT2D eigenvalue weighted by Gasteiger charge is -2.25. The standard InChI is InChI=1S/C14H21F3N4/c1-3-20(10-14(15,16)17)8-12-4-5-21(9-12)13-18-6-11(2)7-19-13/h6-7,12H,3-5,8-10H2,1-2H3. The highest BCUT2D eigenvalue weighted by atomic mass is 19.4. The van der Waals surface area contributed by atoms with Crippen LogP contribution in [0.5, 0.6) is 0 Å². The Kier molecular flexibility index (Phi) is 5.03. The predicted molar refractivity (Wildman–Crippen MR) is 75.3 cm³/mol. The number of aromatic nitrogens is 2. The lowest BCUT2D eigenvalue weighted by atomic mass is 10.1. The Morgan fingerprint density at radius 1 is 1.33 bits per heavy atom. The number of hydrogen-bond acceptors (Lipinski definition) is 4. The molecule has 0 spiro atoms. The fraction of sp³-hybridized carbons (Fsp3) is 0.714. The summed E-state index contributed by atoms with van der Waals surface area (Å²) in [6, 6.07) is 0. The first-order valence-corrected chi connectivity index (χ1v) is 7.20. The van der Waals surface area contributed by atoms with Gasteiger partial charge in [-0.2, -0.15) is 13.2 Å². The molecule has 7 heteroatoms. The van der Waals surface area contributed by atoms with Crippen LogP contribution in [0.2, 0.25) is 0 Å². The molecule has 0 aromatic carbocycles. The topological polar surface area (TPSA) is 32.3 Å². The van der Waals surface area contributed by atoms with Crippen LogP contribution in [0.15, 0.2) is 12.4 Å². The number of alkyl halides is 3. The minimum atomic E-state index is -4.13. The summed E-state index contributed by atoms with van der Waals surface area (Å²) in [6.07, 6.45) is 0.273. The van der Waals surface area contributed by atoms with Crippen LogP contribution in [-0.4, -0.2) is 53.8 Å². The van der Waals surface area contributed by atoms with Crippen molar-refractivity contribution in [1.29, 1.82) is 0 Å². The summed E-state index contributed by atoms with van der Waals surface area (Å²) in [4.78, 5) is 12.1. The van der Waals surface area contributed by atoms with Gasteiger partial charge in [0, 0.05) is 32.0 Å². The highest BCUT2D eigenvalue weighted by Crippen LogP contribution is 2.23. The first-order valence-electron chi connectivity index (χ1n) is 7.20. The second kappa shape index (κ2) is 6.60. The third-order valence-electron chi connectivity index (χ3n) is 3.70. The van der Waals surface area contributed by atoms with Gasteiger partial charge in [-0.3, -0.25) is 4.90 Å². The average molecular weight is 302 g/mol. The van der Waals surface area contributed by atoms with Crippen molar-refractivity contribution in [2.45, 2.75) is 26.4 Å². The van der Waals surface area contributed by atoms with E-state index < -0.39 is 12.7 Å². The van der Waals surface area contributed by atoms with Gasteiger partial charge in [-0.25, -0.2) is 9.97 Å². The van der Waals surface area contributed by atoms with Crippen molar-refractivity contribution >= 4 is 5.95 Å². The minimum Gasteiger partial charge on any atom is -0.340 e. The van der Waals surface area contributed by atoms with Crippen LogP contribution in [0.3, 0.4) is 0 Å². The molecular formula is C14H21F3N4. The molecule has 1 saturated heterocycles. The molecule has 118 valence electrons. The molecule has 2 rings (SSSR count). The van der Waals surface area contributed by atoms with Crippen molar-refractivity contribution in [2.24, 2.45) is 5.92 Å². The van der Waals surface area contributed by atoms with E-state index >= 15 is 0 Å². The highest BCUT2D eigenvalue weighted by Gasteiger charge is 2.32. The van der Waals surface area contributed by atoms with E-state index in [4.69, 9.17) is 0 Å². The number of aryl methyl sites for hydroxylation is 1. The van der Waals surface area contributed by atoms with Crippen molar-refractivity contribution < 1.29 is 13.2 Å². The predicted octanol–water partition coefficient (Wildman–Crippen LogP) is 2.50. The Balaban J connectivity index is 1.88. The molecule has 0 bridgehead atoms. The molecule has 1 aliphatic rings. The van der Waals surface area contributed by atoms with Crippen LogP contribution in [0.4, 0.5) is 19.1 Å². The van der Waals surface area contributed by atoms with Gasteiger partial charge >= 0.3 is 6.18 Å². The van der Waals surface area contributed by atoms with Crippen LogP contribution in [-0.2, 0) is 0 Å². The zero-order valence-corrected chi connectivity index (χ0v) is 12.4. The minimum absolute atomic E-state index is 0.234. The fourth-order valence-electron chi connectivity index (χ4n) is 2.64. The maximum absolute atomic E-state index is 12.5. The van der Waals surface area contributed by atoms with Gasteiger partial charge < -0.3 is 4.90 Å². The van der Waals surface area contributed by atoms with Crippen LogP contribution in [0.25, 0.3) is 0 Å². The van der Waals surface area contributed by atoms with E-state index in [1.165, 1.54) is 4.90 Å². The van der Waals surface area contributed by atoms with Crippen LogP contribution in [0.1, 0.15) is 18.9 Å². The summed E-state index contributed by atoms with van der Waals surface area (Å²) in [5, 5.41) is 0. The van der Waals surface area contributed by atoms with Crippen molar-refractivity contribution in [3.05, 3.63) is 18.0 Å². The van der Waals surface area contributed by atoms with E-state index in [2.05, 4.69) is 9.97 Å². The number of anilines is 1. The molecule has 0 amide bonds. The molecule has 2 heterocycles. The molecule has 0 radical (unpaired) electrons. The van der Waals surface area contributed by atoms with Gasteiger partial charge in [-0.15, -0.1) is 0 Å². The number of halogens is 3. The summed E-state index contributed by atoms with van der Waals surface area (Å²) in [5.74, 6) is 0.902. The van der Waals surface area contributed by atoms with Gasteiger partial charge in [0.05, 0.1) is 6.54 Å². The van der Waals surface area contributed by atoms with Gasteiger partial charge in [0.25, 0.3) is 0 Å². The van der Waals surface area contributed by atoms with Crippen molar-refractivity contribution in [3.8, 4) is 0 Å². The molecule has 0 aliphatic carbocycles. The van der Waals surface area contributed by atoms with E-state index in [-0.39, 0.29) is 5.92 Å². The Morgan fingerprint density at radius 3 is 2.57 bits per heavy atom. The normalized spacial score (nSPS) is 19.5. The van der Waals surface area contributed by atoms with E-state index in [1.807, 2.05) is 11.8 Å². The second-order valence-electron chi connectivity index (χ2n) is 5.60. The molecule has 1 unspecified atom stereocenters. The Bertz CT molecular complexity index is 447. The van der Waals surface area contributed by atoms with E-state index in [0.717, 1.165) is 25.1 Å². The first-order chi connectivity index (χ1) is 9.87. The van der Waals surface area contributed by atoms with Crippen molar-refractivity contribution in [3.63, 3.8) is 0 Å². The van der Waals surface area contributed by atoms with Gasteiger partial charge in [0.15, 0.2) is 0 Å². The largest absolute Gasteiger partial charge is 0.401 e. The molecule has 0 saturated carbocycles. The first kappa shape index (κ1) is 16.0. The number of hydrogen-bond donors (Lipinski definition) is 0. The third kappa shape index (κ3) is 4.84. The lowest BCUT2D eigenvalue weighted by molar-refractivity contribution is -0.146. The van der Waals surface area contributed by atoms with Crippen LogP contribution < -0.4 is 4.90 Å². The molecule has 1 aliphatic heterocycles. The second-order valence-corrected chi connectivity index (χ2v) is 5.60. The summed E-state index contributed by atoms with van der Waals surface area (Å²) in [6.45, 7) is 5.26. The smallest absolute Gasteiger partial charge is 0.340 e. The zero-order valence-electron chi connectivity index (χ0n) is 12.4. The highest BCUT2D eigenvalue weighted by molar-refractivity contribution is 5.31. The Morgan fingerprint density at radius 2 is 2.00 bits per heavy atom. The van der Waals surface area contributed by atoms with E-state index in [1.54, 1.807) is 19.3 Å². The van der Waals surface area contributed by atoms with Gasteiger partial charge in [-0.05, 0) is 31.4 Å². The van der Waals surface area contributed by atoms with E-state index in [9.17, 15) is 13.2 Å². The molecule has 1 fully saturated rings. The maximum atomic E-state index is 12.5. The Hall–Kier alpha value is -1.37. The monoisotopic (exact) mass is 302 g/mol. The van der Waals surface area contributed by atoms with Gasteiger partial charge in [0.2, 0.25) is 5.95 Å². The van der Waals surface area contributed by atoms with E-state index in [0.29, 0.717) is 19.0 Å². The molecule has 21 heavy (non-hydrogen) atoms. The summed E-state index contributed by atoms with van der Waals surface area (Å²) < 4.78 is 37.4. The molecule has 4 nitrogen and oxygen atoms in total. The Labute approximate surface area is 123 Å². The van der Waals surface area contributed by atoms with Crippen LogP contribution >= 0.6 is 0 Å². The van der Waals surface area contributed by atoms with Crippen molar-refractivity contribution in [2.75, 3.05) is 37.6 Å². The average Bonchev–Trinajstić information content (AvgIpc) is 2.85. The number of nitrogens with zero attached hydrogens (tertiary/aromatic N) is 4. The molecular weight excluding hydrogens is 281 g/mol. The quantitative estimate of drug-likeness (QED) is 0.836. The summed E-state index contributed by atoms with van der Waals surface area (Å²) >= 11 is 0. The third-order valence-corrected chi connectivity index (χ3v) is 3.70. The number of rotatable bonds is 5. The summed E-state index contributed by atoms with van der Waals surface area (Å²) in [5.41, 5.74) is 0.997. The zero-order chi connectivity index (χ0) is 15.5.